The van der Waals surface area contributed by atoms with E-state index in [1.807, 2.05) is 6.92 Å². The fourth-order valence-corrected chi connectivity index (χ4v) is 6.03. The van der Waals surface area contributed by atoms with Gasteiger partial charge in [0.05, 0.1) is 17.0 Å². The lowest BCUT2D eigenvalue weighted by Crippen LogP contribution is -2.48. The summed E-state index contributed by atoms with van der Waals surface area (Å²) < 4.78 is 28.8. The topological polar surface area (TPSA) is 79.0 Å². The van der Waals surface area contributed by atoms with Crippen molar-refractivity contribution >= 4 is 5.91 Å². The summed E-state index contributed by atoms with van der Waals surface area (Å²) >= 11 is 0. The normalized spacial score (nSPS) is 22.0. The highest BCUT2D eigenvalue weighted by Crippen LogP contribution is 2.67. The molecule has 2 aliphatic carbocycles. The Bertz CT molecular complexity index is 1330. The highest BCUT2D eigenvalue weighted by Gasteiger charge is 2.64. The molecule has 34 heavy (non-hydrogen) atoms. The number of carbonyl (C=O) groups is 1. The number of aromatic nitrogens is 3. The fraction of sp³-hybridized carbons (Fsp3) is 0.385. The number of aromatic amines is 1. The Kier molecular flexibility index (Phi) is 5.15. The van der Waals surface area contributed by atoms with Gasteiger partial charge in [-0.05, 0) is 54.9 Å². The van der Waals surface area contributed by atoms with Crippen molar-refractivity contribution in [2.75, 3.05) is 13.1 Å². The number of halogens is 2. The predicted octanol–water partition coefficient (Wildman–Crippen LogP) is 4.43. The minimum atomic E-state index is -0.675. The Labute approximate surface area is 196 Å². The molecule has 1 saturated carbocycles. The van der Waals surface area contributed by atoms with Crippen molar-refractivity contribution < 1.29 is 13.6 Å². The monoisotopic (exact) mass is 464 g/mol. The first kappa shape index (κ1) is 22.4. The van der Waals surface area contributed by atoms with Crippen LogP contribution in [-0.2, 0) is 5.41 Å². The molecule has 0 radical (unpaired) electrons. The number of benzene rings is 1. The Hall–Kier alpha value is -3.42. The molecule has 3 aromatic rings. The number of pyridine rings is 1. The summed E-state index contributed by atoms with van der Waals surface area (Å²) in [6, 6.07) is 8.19. The molecule has 176 valence electrons. The zero-order valence-electron chi connectivity index (χ0n) is 19.4. The smallest absolute Gasteiger partial charge is 0.270 e. The largest absolute Gasteiger partial charge is 0.357 e. The van der Waals surface area contributed by atoms with Crippen molar-refractivity contribution in [2.45, 2.75) is 44.9 Å². The summed E-state index contributed by atoms with van der Waals surface area (Å²) in [5.74, 6) is -1.46. The van der Waals surface area contributed by atoms with Gasteiger partial charge in [0, 0.05) is 36.8 Å². The summed E-state index contributed by atoms with van der Waals surface area (Å²) in [6.45, 7) is 7.11. The number of amides is 1. The van der Waals surface area contributed by atoms with Gasteiger partial charge in [0.25, 0.3) is 5.91 Å². The minimum Gasteiger partial charge on any atom is -0.357 e. The summed E-state index contributed by atoms with van der Waals surface area (Å²) in [7, 11) is 0. The van der Waals surface area contributed by atoms with Crippen LogP contribution in [0.25, 0.3) is 11.3 Å². The van der Waals surface area contributed by atoms with E-state index in [1.165, 1.54) is 36.5 Å². The Morgan fingerprint density at radius 1 is 1.18 bits per heavy atom. The number of hydrogen-bond acceptors (Lipinski definition) is 4. The van der Waals surface area contributed by atoms with Crippen LogP contribution < -0.4 is 5.43 Å². The zero-order valence-corrected chi connectivity index (χ0v) is 19.4. The first-order valence-electron chi connectivity index (χ1n) is 11.5. The summed E-state index contributed by atoms with van der Waals surface area (Å²) in [4.78, 5) is 29.6. The maximum Gasteiger partial charge on any atom is 0.270 e. The van der Waals surface area contributed by atoms with Crippen molar-refractivity contribution in [3.63, 3.8) is 0 Å². The van der Waals surface area contributed by atoms with E-state index in [4.69, 9.17) is 0 Å². The van der Waals surface area contributed by atoms with Crippen LogP contribution in [0.4, 0.5) is 8.78 Å². The van der Waals surface area contributed by atoms with Crippen LogP contribution in [0.3, 0.4) is 0 Å². The van der Waals surface area contributed by atoms with Crippen molar-refractivity contribution in [1.29, 1.82) is 0 Å². The Morgan fingerprint density at radius 2 is 1.91 bits per heavy atom. The van der Waals surface area contributed by atoms with Gasteiger partial charge in [-0.2, -0.15) is 10.2 Å². The van der Waals surface area contributed by atoms with Crippen molar-refractivity contribution in [3.05, 3.63) is 81.4 Å². The molecule has 1 N–H and O–H groups in total. The van der Waals surface area contributed by atoms with E-state index in [0.717, 1.165) is 24.1 Å². The molecule has 0 saturated heterocycles. The van der Waals surface area contributed by atoms with Crippen LogP contribution in [0.1, 0.15) is 61.3 Å². The third-order valence-corrected chi connectivity index (χ3v) is 7.97. The molecule has 6 nitrogen and oxygen atoms in total. The third kappa shape index (κ3) is 3.11. The van der Waals surface area contributed by atoms with E-state index in [0.29, 0.717) is 13.1 Å². The van der Waals surface area contributed by atoms with Crippen molar-refractivity contribution in [1.82, 2.24) is 20.1 Å². The molecule has 1 fully saturated rings. The van der Waals surface area contributed by atoms with E-state index in [-0.39, 0.29) is 39.6 Å². The molecule has 2 heterocycles. The van der Waals surface area contributed by atoms with Gasteiger partial charge in [0.15, 0.2) is 5.43 Å². The highest BCUT2D eigenvalue weighted by atomic mass is 19.1. The molecule has 2 aromatic heterocycles. The molecule has 2 bridgehead atoms. The average Bonchev–Trinajstić information content (AvgIpc) is 3.16. The highest BCUT2D eigenvalue weighted by molar-refractivity contribution is 5.92. The molecule has 5 rings (SSSR count). The van der Waals surface area contributed by atoms with Crippen LogP contribution in [0.2, 0.25) is 0 Å². The molecule has 0 aliphatic heterocycles. The number of carbonyl (C=O) groups excluding carboxylic acids is 1. The van der Waals surface area contributed by atoms with Gasteiger partial charge in [-0.25, -0.2) is 8.78 Å². The van der Waals surface area contributed by atoms with Crippen molar-refractivity contribution in [2.24, 2.45) is 5.41 Å². The molecule has 1 aromatic carbocycles. The van der Waals surface area contributed by atoms with Crippen LogP contribution in [0.15, 0.2) is 47.4 Å². The Morgan fingerprint density at radius 3 is 2.59 bits per heavy atom. The molecular formula is C26H26F2N4O2. The van der Waals surface area contributed by atoms with Gasteiger partial charge in [-0.1, -0.05) is 19.9 Å². The quantitative estimate of drug-likeness (QED) is 0.606. The molecule has 0 spiro atoms. The number of likely N-dealkylation sites (N-methyl/N-ethyl adjacent to an activating group) is 1. The number of rotatable bonds is 5. The maximum absolute atomic E-state index is 14.4. The second-order valence-corrected chi connectivity index (χ2v) is 9.78. The lowest BCUT2D eigenvalue weighted by molar-refractivity contribution is 0.0646. The third-order valence-electron chi connectivity index (χ3n) is 7.97. The number of nitrogens with zero attached hydrogens (tertiary/aromatic N) is 3. The van der Waals surface area contributed by atoms with Crippen LogP contribution in [0.5, 0.6) is 0 Å². The minimum absolute atomic E-state index is 0.136. The average molecular weight is 465 g/mol. The van der Waals surface area contributed by atoms with E-state index in [9.17, 15) is 18.4 Å². The van der Waals surface area contributed by atoms with Gasteiger partial charge in [0.2, 0.25) is 0 Å². The van der Waals surface area contributed by atoms with Gasteiger partial charge >= 0.3 is 0 Å². The molecule has 8 heteroatoms. The van der Waals surface area contributed by atoms with Crippen LogP contribution in [-0.4, -0.2) is 39.1 Å². The molecular weight excluding hydrogens is 438 g/mol. The SMILES string of the molecule is CCN(C[C@@]12CC[C@@H](c3cc(-c4c(F)cccc4F)nnc31)C2(C)C)C(=O)c1cc(=O)cc[nH]1. The first-order chi connectivity index (χ1) is 16.2. The summed E-state index contributed by atoms with van der Waals surface area (Å²) in [6.07, 6.45) is 3.19. The second kappa shape index (κ2) is 7.82. The number of H-pyrrole nitrogens is 1. The van der Waals surface area contributed by atoms with Crippen LogP contribution in [0, 0.1) is 17.0 Å². The lowest BCUT2D eigenvalue weighted by atomic mass is 9.68. The van der Waals surface area contributed by atoms with E-state index < -0.39 is 17.0 Å². The number of hydrogen-bond donors (Lipinski definition) is 1. The van der Waals surface area contributed by atoms with Crippen LogP contribution >= 0.6 is 0 Å². The maximum atomic E-state index is 14.4. The Balaban J connectivity index is 1.56. The van der Waals surface area contributed by atoms with Crippen molar-refractivity contribution in [3.8, 4) is 11.3 Å². The molecule has 1 amide bonds. The molecule has 2 aliphatic rings. The van der Waals surface area contributed by atoms with E-state index in [2.05, 4.69) is 29.0 Å². The molecule has 0 unspecified atom stereocenters. The van der Waals surface area contributed by atoms with Gasteiger partial charge in [0.1, 0.15) is 17.3 Å². The molecule has 2 atom stereocenters. The standard InChI is InChI=1S/C26H26F2N4O2/c1-4-32(24(34)21-12-15(33)9-11-29-21)14-26-10-8-17(25(26,2)3)16-13-20(30-31-23(16)26)22-18(27)6-5-7-19(22)28/h5-7,9,11-13,17H,4,8,10,14H2,1-3H3,(H,29,33)/t17-,26-/m0/s1. The fourth-order valence-electron chi connectivity index (χ4n) is 6.03. The predicted molar refractivity (Wildman–Crippen MR) is 123 cm³/mol. The summed E-state index contributed by atoms with van der Waals surface area (Å²) in [5.41, 5.74) is 1.06. The van der Waals surface area contributed by atoms with Gasteiger partial charge < -0.3 is 9.88 Å². The zero-order chi connectivity index (χ0) is 24.3. The van der Waals surface area contributed by atoms with E-state index in [1.54, 1.807) is 11.0 Å². The second-order valence-electron chi connectivity index (χ2n) is 9.78. The van der Waals surface area contributed by atoms with E-state index >= 15 is 0 Å². The lowest BCUT2D eigenvalue weighted by Gasteiger charge is -2.41. The number of nitrogens with one attached hydrogen (secondary N) is 1. The first-order valence-corrected chi connectivity index (χ1v) is 11.5. The van der Waals surface area contributed by atoms with Gasteiger partial charge in [-0.15, -0.1) is 0 Å². The van der Waals surface area contributed by atoms with Gasteiger partial charge in [-0.3, -0.25) is 9.59 Å². The summed E-state index contributed by atoms with van der Waals surface area (Å²) in [5, 5.41) is 8.76. The number of fused-ring (bicyclic) bond motifs is 5.